The first kappa shape index (κ1) is 17.1. The van der Waals surface area contributed by atoms with E-state index in [0.29, 0.717) is 22.9 Å². The predicted octanol–water partition coefficient (Wildman–Crippen LogP) is 2.96. The number of aromatic hydroxyl groups is 1. The number of primary amides is 1. The fourth-order valence-corrected chi connectivity index (χ4v) is 3.58. The summed E-state index contributed by atoms with van der Waals surface area (Å²) in [5.41, 5.74) is 7.65. The molecule has 0 aromatic heterocycles. The summed E-state index contributed by atoms with van der Waals surface area (Å²) in [6.45, 7) is 1.62. The maximum absolute atomic E-state index is 11.6. The van der Waals surface area contributed by atoms with Crippen LogP contribution in [0.3, 0.4) is 0 Å². The molecule has 3 rings (SSSR count). The Labute approximate surface area is 148 Å². The van der Waals surface area contributed by atoms with Crippen LogP contribution in [0.25, 0.3) is 0 Å². The van der Waals surface area contributed by atoms with Gasteiger partial charge in [0.05, 0.1) is 12.7 Å². The van der Waals surface area contributed by atoms with Crippen LogP contribution in [0.4, 0.5) is 5.69 Å². The second kappa shape index (κ2) is 7.47. The zero-order valence-corrected chi connectivity index (χ0v) is 14.4. The molecule has 5 nitrogen and oxygen atoms in total. The Morgan fingerprint density at radius 2 is 1.88 bits per heavy atom. The zero-order chi connectivity index (χ0) is 17.8. The lowest BCUT2D eigenvalue weighted by Gasteiger charge is -2.35. The number of benzene rings is 2. The van der Waals surface area contributed by atoms with Crippen molar-refractivity contribution < 1.29 is 14.6 Å². The number of carbonyl (C=O) groups is 1. The lowest BCUT2D eigenvalue weighted by molar-refractivity contribution is 0.0997. The fraction of sp³-hybridized carbons (Fsp3) is 0.350. The Morgan fingerprint density at radius 3 is 2.48 bits per heavy atom. The Hall–Kier alpha value is -2.69. The Balaban J connectivity index is 1.74. The van der Waals surface area contributed by atoms with Crippen LogP contribution in [-0.4, -0.2) is 31.2 Å². The molecule has 2 aromatic rings. The van der Waals surface area contributed by atoms with Crippen LogP contribution in [-0.2, 0) is 6.42 Å². The molecule has 5 heteroatoms. The Morgan fingerprint density at radius 1 is 1.20 bits per heavy atom. The highest BCUT2D eigenvalue weighted by atomic mass is 16.5. The zero-order valence-electron chi connectivity index (χ0n) is 14.4. The molecule has 25 heavy (non-hydrogen) atoms. The summed E-state index contributed by atoms with van der Waals surface area (Å²) < 4.78 is 5.39. The third kappa shape index (κ3) is 3.71. The largest absolute Gasteiger partial charge is 0.506 e. The molecule has 0 spiro atoms. The number of methoxy groups -OCH3 is 1. The number of carbonyl (C=O) groups excluding carboxylic acids is 1. The van der Waals surface area contributed by atoms with Crippen LogP contribution in [0.2, 0.25) is 0 Å². The first-order valence-electron chi connectivity index (χ1n) is 8.58. The number of ether oxygens (including phenoxy) is 1. The number of phenolic OH excluding ortho intramolecular Hbond substituents is 1. The second-order valence-electron chi connectivity index (χ2n) is 6.50. The van der Waals surface area contributed by atoms with E-state index in [1.807, 2.05) is 6.07 Å². The van der Waals surface area contributed by atoms with Gasteiger partial charge in [-0.2, -0.15) is 0 Å². The molecule has 0 aliphatic carbocycles. The van der Waals surface area contributed by atoms with Crippen molar-refractivity contribution in [2.75, 3.05) is 25.1 Å². The van der Waals surface area contributed by atoms with Gasteiger partial charge < -0.3 is 20.5 Å². The van der Waals surface area contributed by atoms with Gasteiger partial charge in [-0.05, 0) is 42.9 Å². The number of piperidine rings is 1. The monoisotopic (exact) mass is 340 g/mol. The van der Waals surface area contributed by atoms with Crippen molar-refractivity contribution in [3.8, 4) is 11.5 Å². The van der Waals surface area contributed by atoms with E-state index in [4.69, 9.17) is 10.5 Å². The summed E-state index contributed by atoms with van der Waals surface area (Å²) in [6.07, 6.45) is 3.12. The molecule has 1 heterocycles. The summed E-state index contributed by atoms with van der Waals surface area (Å²) in [5, 5.41) is 10.3. The lowest BCUT2D eigenvalue weighted by Crippen LogP contribution is -2.35. The van der Waals surface area contributed by atoms with Gasteiger partial charge in [-0.15, -0.1) is 0 Å². The molecular formula is C20H24N2O3. The van der Waals surface area contributed by atoms with E-state index in [1.165, 1.54) is 24.8 Å². The van der Waals surface area contributed by atoms with E-state index in [-0.39, 0.29) is 5.75 Å². The average Bonchev–Trinajstić information content (AvgIpc) is 2.63. The van der Waals surface area contributed by atoms with Gasteiger partial charge >= 0.3 is 0 Å². The highest BCUT2D eigenvalue weighted by molar-refractivity contribution is 5.98. The van der Waals surface area contributed by atoms with Gasteiger partial charge in [0.1, 0.15) is 11.4 Å². The number of phenols is 1. The van der Waals surface area contributed by atoms with E-state index in [1.54, 1.807) is 0 Å². The van der Waals surface area contributed by atoms with Crippen molar-refractivity contribution in [3.05, 3.63) is 53.6 Å². The molecule has 0 unspecified atom stereocenters. The van der Waals surface area contributed by atoms with E-state index in [2.05, 4.69) is 29.2 Å². The van der Waals surface area contributed by atoms with Gasteiger partial charge in [0.15, 0.2) is 5.75 Å². The maximum atomic E-state index is 11.6. The van der Waals surface area contributed by atoms with E-state index >= 15 is 0 Å². The Kier molecular flexibility index (Phi) is 5.12. The number of nitrogens with zero attached hydrogens (tertiary/aromatic N) is 1. The molecule has 0 bridgehead atoms. The standard InChI is InChI=1S/C20H24N2O3/c1-25-19-16(20(21)24)7-8-17(23)18(19)22-11-9-15(10-12-22)13-14-5-3-2-4-6-14/h2-8,15,23H,9-13H2,1H3,(H2,21,24). The number of amides is 1. The quantitative estimate of drug-likeness (QED) is 0.877. The van der Waals surface area contributed by atoms with E-state index in [0.717, 1.165) is 32.4 Å². The second-order valence-corrected chi connectivity index (χ2v) is 6.50. The molecule has 2 aromatic carbocycles. The molecule has 1 fully saturated rings. The van der Waals surface area contributed by atoms with Crippen LogP contribution in [0, 0.1) is 5.92 Å². The highest BCUT2D eigenvalue weighted by Crippen LogP contribution is 2.41. The van der Waals surface area contributed by atoms with Crippen LogP contribution in [0.1, 0.15) is 28.8 Å². The molecule has 1 saturated heterocycles. The summed E-state index contributed by atoms with van der Waals surface area (Å²) >= 11 is 0. The number of rotatable bonds is 5. The Bertz CT molecular complexity index is 738. The minimum Gasteiger partial charge on any atom is -0.506 e. The third-order valence-corrected chi connectivity index (χ3v) is 4.88. The van der Waals surface area contributed by atoms with Crippen molar-refractivity contribution in [1.82, 2.24) is 0 Å². The third-order valence-electron chi connectivity index (χ3n) is 4.88. The summed E-state index contributed by atoms with van der Waals surface area (Å²) in [7, 11) is 1.49. The van der Waals surface area contributed by atoms with Crippen molar-refractivity contribution in [1.29, 1.82) is 0 Å². The van der Waals surface area contributed by atoms with Gasteiger partial charge in [0.25, 0.3) is 5.91 Å². The molecule has 1 amide bonds. The van der Waals surface area contributed by atoms with Crippen molar-refractivity contribution >= 4 is 11.6 Å². The highest BCUT2D eigenvalue weighted by Gasteiger charge is 2.26. The van der Waals surface area contributed by atoms with E-state index < -0.39 is 5.91 Å². The molecule has 0 atom stereocenters. The number of anilines is 1. The normalized spacial score (nSPS) is 15.2. The summed E-state index contributed by atoms with van der Waals surface area (Å²) in [6, 6.07) is 13.5. The van der Waals surface area contributed by atoms with Crippen LogP contribution in [0.5, 0.6) is 11.5 Å². The van der Waals surface area contributed by atoms with Gasteiger partial charge in [-0.1, -0.05) is 30.3 Å². The summed E-state index contributed by atoms with van der Waals surface area (Å²) in [4.78, 5) is 13.7. The van der Waals surface area contributed by atoms with Gasteiger partial charge in [0, 0.05) is 13.1 Å². The molecule has 1 aliphatic rings. The molecule has 0 radical (unpaired) electrons. The SMILES string of the molecule is COc1c(C(N)=O)ccc(O)c1N1CCC(Cc2ccccc2)CC1. The lowest BCUT2D eigenvalue weighted by atomic mass is 9.90. The topological polar surface area (TPSA) is 75.8 Å². The van der Waals surface area contributed by atoms with Crippen molar-refractivity contribution in [2.24, 2.45) is 11.7 Å². The van der Waals surface area contributed by atoms with Crippen LogP contribution >= 0.6 is 0 Å². The molecule has 0 saturated carbocycles. The minimum absolute atomic E-state index is 0.114. The minimum atomic E-state index is -0.558. The van der Waals surface area contributed by atoms with Crippen molar-refractivity contribution in [2.45, 2.75) is 19.3 Å². The van der Waals surface area contributed by atoms with Gasteiger partial charge in [-0.25, -0.2) is 0 Å². The molecular weight excluding hydrogens is 316 g/mol. The predicted molar refractivity (Wildman–Crippen MR) is 98.3 cm³/mol. The summed E-state index contributed by atoms with van der Waals surface area (Å²) in [5.74, 6) is 0.528. The fourth-order valence-electron chi connectivity index (χ4n) is 3.58. The molecule has 3 N–H and O–H groups in total. The van der Waals surface area contributed by atoms with Crippen molar-refractivity contribution in [3.63, 3.8) is 0 Å². The van der Waals surface area contributed by atoms with Crippen LogP contribution in [0.15, 0.2) is 42.5 Å². The number of hydrogen-bond acceptors (Lipinski definition) is 4. The van der Waals surface area contributed by atoms with Crippen LogP contribution < -0.4 is 15.4 Å². The average molecular weight is 340 g/mol. The molecule has 1 aliphatic heterocycles. The first-order valence-corrected chi connectivity index (χ1v) is 8.58. The number of nitrogens with two attached hydrogens (primary N) is 1. The smallest absolute Gasteiger partial charge is 0.252 e. The van der Waals surface area contributed by atoms with E-state index in [9.17, 15) is 9.90 Å². The van der Waals surface area contributed by atoms with Gasteiger partial charge in [-0.3, -0.25) is 4.79 Å². The van der Waals surface area contributed by atoms with Gasteiger partial charge in [0.2, 0.25) is 0 Å². The maximum Gasteiger partial charge on any atom is 0.252 e. The number of hydrogen-bond donors (Lipinski definition) is 2. The molecule has 132 valence electrons. The first-order chi connectivity index (χ1) is 12.1.